The standard InChI is InChI=1S/C15H19F2N/c16-11-3-4-12(13(17)7-11)15(10-18)8-14(9-15)5-1-2-6-14/h3-4,7H,1-2,5-6,8-10,18H2. The predicted molar refractivity (Wildman–Crippen MR) is 67.2 cm³/mol. The third kappa shape index (κ3) is 1.68. The van der Waals surface area contributed by atoms with Gasteiger partial charge in [-0.3, -0.25) is 0 Å². The van der Waals surface area contributed by atoms with Crippen molar-refractivity contribution in [1.82, 2.24) is 0 Å². The molecule has 0 unspecified atom stereocenters. The first-order chi connectivity index (χ1) is 8.59. The van der Waals surface area contributed by atoms with E-state index in [1.54, 1.807) is 6.07 Å². The molecule has 18 heavy (non-hydrogen) atoms. The Bertz CT molecular complexity index is 456. The van der Waals surface area contributed by atoms with E-state index >= 15 is 0 Å². The highest BCUT2D eigenvalue weighted by atomic mass is 19.1. The van der Waals surface area contributed by atoms with Crippen molar-refractivity contribution in [3.8, 4) is 0 Å². The summed E-state index contributed by atoms with van der Waals surface area (Å²) in [6.45, 7) is 0.456. The normalized spacial score (nSPS) is 24.2. The van der Waals surface area contributed by atoms with Crippen LogP contribution in [0.2, 0.25) is 0 Å². The average molecular weight is 251 g/mol. The van der Waals surface area contributed by atoms with Crippen LogP contribution in [0.4, 0.5) is 8.78 Å². The molecule has 1 aromatic rings. The summed E-state index contributed by atoms with van der Waals surface area (Å²) in [5, 5.41) is 0. The van der Waals surface area contributed by atoms with E-state index in [9.17, 15) is 8.78 Å². The molecule has 3 heteroatoms. The molecule has 1 spiro atoms. The van der Waals surface area contributed by atoms with Gasteiger partial charge in [0.05, 0.1) is 0 Å². The van der Waals surface area contributed by atoms with Gasteiger partial charge in [-0.05, 0) is 42.7 Å². The second-order valence-electron chi connectivity index (χ2n) is 6.17. The van der Waals surface area contributed by atoms with Crippen molar-refractivity contribution in [2.45, 2.75) is 43.9 Å². The maximum atomic E-state index is 13.9. The van der Waals surface area contributed by atoms with Crippen LogP contribution in [-0.2, 0) is 5.41 Å². The fourth-order valence-corrected chi connectivity index (χ4v) is 4.23. The van der Waals surface area contributed by atoms with E-state index in [4.69, 9.17) is 5.73 Å². The van der Waals surface area contributed by atoms with Crippen LogP contribution in [0.15, 0.2) is 18.2 Å². The number of hydrogen-bond acceptors (Lipinski definition) is 1. The van der Waals surface area contributed by atoms with Crippen LogP contribution in [0.1, 0.15) is 44.1 Å². The third-order valence-corrected chi connectivity index (χ3v) is 4.98. The molecule has 0 heterocycles. The van der Waals surface area contributed by atoms with E-state index in [-0.39, 0.29) is 5.41 Å². The molecule has 1 aromatic carbocycles. The van der Waals surface area contributed by atoms with Gasteiger partial charge in [-0.1, -0.05) is 18.9 Å². The summed E-state index contributed by atoms with van der Waals surface area (Å²) in [5.41, 5.74) is 6.67. The van der Waals surface area contributed by atoms with Crippen LogP contribution < -0.4 is 5.73 Å². The second kappa shape index (κ2) is 4.02. The van der Waals surface area contributed by atoms with Gasteiger partial charge < -0.3 is 5.73 Å². The molecular weight excluding hydrogens is 232 g/mol. The number of nitrogens with two attached hydrogens (primary N) is 1. The Morgan fingerprint density at radius 1 is 1.11 bits per heavy atom. The van der Waals surface area contributed by atoms with Gasteiger partial charge >= 0.3 is 0 Å². The minimum absolute atomic E-state index is 0.248. The van der Waals surface area contributed by atoms with E-state index in [0.29, 0.717) is 17.5 Å². The fraction of sp³-hybridized carbons (Fsp3) is 0.600. The van der Waals surface area contributed by atoms with Crippen LogP contribution in [0.3, 0.4) is 0 Å². The minimum Gasteiger partial charge on any atom is -0.330 e. The third-order valence-electron chi connectivity index (χ3n) is 4.98. The summed E-state index contributed by atoms with van der Waals surface area (Å²) in [4.78, 5) is 0. The van der Waals surface area contributed by atoms with Gasteiger partial charge in [-0.25, -0.2) is 8.78 Å². The molecule has 1 nitrogen and oxygen atoms in total. The van der Waals surface area contributed by atoms with Crippen molar-refractivity contribution in [1.29, 1.82) is 0 Å². The van der Waals surface area contributed by atoms with Crippen LogP contribution in [0, 0.1) is 17.0 Å². The SMILES string of the molecule is NCC1(c2ccc(F)cc2F)CC2(CCCC2)C1. The van der Waals surface area contributed by atoms with E-state index in [2.05, 4.69) is 0 Å². The summed E-state index contributed by atoms with van der Waals surface area (Å²) in [5.74, 6) is -0.952. The lowest BCUT2D eigenvalue weighted by molar-refractivity contribution is 0.0305. The zero-order valence-corrected chi connectivity index (χ0v) is 10.5. The summed E-state index contributed by atoms with van der Waals surface area (Å²) < 4.78 is 26.9. The van der Waals surface area contributed by atoms with Gasteiger partial charge in [0.1, 0.15) is 11.6 Å². The van der Waals surface area contributed by atoms with Gasteiger partial charge in [0, 0.05) is 18.0 Å². The summed E-state index contributed by atoms with van der Waals surface area (Å²) in [6, 6.07) is 3.90. The zero-order valence-electron chi connectivity index (χ0n) is 10.5. The number of benzene rings is 1. The molecule has 0 atom stereocenters. The minimum atomic E-state index is -0.515. The second-order valence-corrected chi connectivity index (χ2v) is 6.17. The smallest absolute Gasteiger partial charge is 0.129 e. The summed E-state index contributed by atoms with van der Waals surface area (Å²) in [6.07, 6.45) is 7.01. The van der Waals surface area contributed by atoms with Crippen molar-refractivity contribution < 1.29 is 8.78 Å². The Labute approximate surface area is 106 Å². The topological polar surface area (TPSA) is 26.0 Å². The molecular formula is C15H19F2N. The first kappa shape index (κ1) is 12.1. The Balaban J connectivity index is 1.89. The molecule has 2 aliphatic rings. The lowest BCUT2D eigenvalue weighted by atomic mass is 9.49. The highest BCUT2D eigenvalue weighted by Gasteiger charge is 2.55. The molecule has 2 aliphatic carbocycles. The molecule has 2 fully saturated rings. The Morgan fingerprint density at radius 2 is 1.78 bits per heavy atom. The predicted octanol–water partition coefficient (Wildman–Crippen LogP) is 3.52. The van der Waals surface area contributed by atoms with E-state index < -0.39 is 11.6 Å². The highest BCUT2D eigenvalue weighted by molar-refractivity contribution is 5.33. The summed E-state index contributed by atoms with van der Waals surface area (Å²) in [7, 11) is 0. The molecule has 0 aliphatic heterocycles. The zero-order chi connectivity index (χ0) is 12.8. The van der Waals surface area contributed by atoms with Crippen molar-refractivity contribution in [2.75, 3.05) is 6.54 Å². The molecule has 0 radical (unpaired) electrons. The lowest BCUT2D eigenvalue weighted by Gasteiger charge is -2.55. The molecule has 2 saturated carbocycles. The van der Waals surface area contributed by atoms with Gasteiger partial charge in [0.25, 0.3) is 0 Å². The first-order valence-corrected chi connectivity index (χ1v) is 6.75. The van der Waals surface area contributed by atoms with Gasteiger partial charge in [0.2, 0.25) is 0 Å². The summed E-state index contributed by atoms with van der Waals surface area (Å²) >= 11 is 0. The average Bonchev–Trinajstić information content (AvgIpc) is 2.76. The monoisotopic (exact) mass is 251 g/mol. The molecule has 0 amide bonds. The van der Waals surface area contributed by atoms with E-state index in [1.807, 2.05) is 0 Å². The van der Waals surface area contributed by atoms with Crippen molar-refractivity contribution in [2.24, 2.45) is 11.1 Å². The Morgan fingerprint density at radius 3 is 2.33 bits per heavy atom. The number of halogens is 2. The Kier molecular flexibility index (Phi) is 2.70. The van der Waals surface area contributed by atoms with Crippen molar-refractivity contribution in [3.63, 3.8) is 0 Å². The molecule has 0 bridgehead atoms. The van der Waals surface area contributed by atoms with E-state index in [0.717, 1.165) is 18.9 Å². The van der Waals surface area contributed by atoms with Crippen LogP contribution in [-0.4, -0.2) is 6.54 Å². The number of rotatable bonds is 2. The molecule has 0 saturated heterocycles. The van der Waals surface area contributed by atoms with Gasteiger partial charge in [0.15, 0.2) is 0 Å². The quantitative estimate of drug-likeness (QED) is 0.855. The lowest BCUT2D eigenvalue weighted by Crippen LogP contribution is -2.53. The molecule has 3 rings (SSSR count). The number of hydrogen-bond donors (Lipinski definition) is 1. The maximum Gasteiger partial charge on any atom is 0.129 e. The largest absolute Gasteiger partial charge is 0.330 e. The highest BCUT2D eigenvalue weighted by Crippen LogP contribution is 2.62. The molecule has 98 valence electrons. The first-order valence-electron chi connectivity index (χ1n) is 6.75. The molecule has 2 N–H and O–H groups in total. The van der Waals surface area contributed by atoms with Crippen molar-refractivity contribution >= 4 is 0 Å². The molecule has 0 aromatic heterocycles. The maximum absolute atomic E-state index is 13.9. The van der Waals surface area contributed by atoms with E-state index in [1.165, 1.54) is 31.7 Å². The van der Waals surface area contributed by atoms with Gasteiger partial charge in [-0.15, -0.1) is 0 Å². The van der Waals surface area contributed by atoms with Crippen LogP contribution in [0.5, 0.6) is 0 Å². The fourth-order valence-electron chi connectivity index (χ4n) is 4.23. The Hall–Kier alpha value is -0.960. The van der Waals surface area contributed by atoms with Crippen LogP contribution in [0.25, 0.3) is 0 Å². The van der Waals surface area contributed by atoms with Gasteiger partial charge in [-0.2, -0.15) is 0 Å². The van der Waals surface area contributed by atoms with Crippen molar-refractivity contribution in [3.05, 3.63) is 35.4 Å². The van der Waals surface area contributed by atoms with Crippen LogP contribution >= 0.6 is 0 Å².